The van der Waals surface area contributed by atoms with Gasteiger partial charge in [0.25, 0.3) is 0 Å². The third kappa shape index (κ3) is 2.27. The second-order valence-corrected chi connectivity index (χ2v) is 5.13. The van der Waals surface area contributed by atoms with Crippen molar-refractivity contribution in [2.45, 2.75) is 6.04 Å². The highest BCUT2D eigenvalue weighted by molar-refractivity contribution is 9.10. The minimum Gasteiger partial charge on any atom is -0.398 e. The van der Waals surface area contributed by atoms with Crippen LogP contribution in [0, 0.1) is 0 Å². The van der Waals surface area contributed by atoms with Gasteiger partial charge in [-0.15, -0.1) is 0 Å². The largest absolute Gasteiger partial charge is 0.398 e. The van der Waals surface area contributed by atoms with Gasteiger partial charge in [-0.3, -0.25) is 5.84 Å². The van der Waals surface area contributed by atoms with E-state index in [1.54, 1.807) is 11.3 Å². The topological polar surface area (TPSA) is 64.1 Å². The standard InChI is InChI=1S/C11H12BrN3S/c12-8-1-2-10(13)9(5-8)11(15-14)7-3-4-16-6-7/h1-6,11,15H,13-14H2. The summed E-state index contributed by atoms with van der Waals surface area (Å²) in [6.45, 7) is 0. The number of nitrogen functional groups attached to an aromatic ring is 1. The van der Waals surface area contributed by atoms with Gasteiger partial charge < -0.3 is 5.73 Å². The first-order valence-electron chi connectivity index (χ1n) is 4.75. The van der Waals surface area contributed by atoms with Crippen LogP contribution in [0.15, 0.2) is 39.5 Å². The summed E-state index contributed by atoms with van der Waals surface area (Å²) in [5, 5.41) is 4.08. The Kier molecular flexibility index (Phi) is 3.60. The second-order valence-electron chi connectivity index (χ2n) is 3.43. The first kappa shape index (κ1) is 11.6. The smallest absolute Gasteiger partial charge is 0.0738 e. The Balaban J connectivity index is 2.44. The lowest BCUT2D eigenvalue weighted by atomic mass is 10.0. The van der Waals surface area contributed by atoms with Crippen LogP contribution in [0.1, 0.15) is 17.2 Å². The fraction of sp³-hybridized carbons (Fsp3) is 0.0909. The molecule has 1 heterocycles. The Morgan fingerprint density at radius 2 is 2.12 bits per heavy atom. The molecule has 1 aromatic carbocycles. The van der Waals surface area contributed by atoms with Crippen LogP contribution in [0.4, 0.5) is 5.69 Å². The van der Waals surface area contributed by atoms with Gasteiger partial charge in [0.1, 0.15) is 0 Å². The van der Waals surface area contributed by atoms with Crippen molar-refractivity contribution in [3.63, 3.8) is 0 Å². The molecular weight excluding hydrogens is 286 g/mol. The number of nitrogens with two attached hydrogens (primary N) is 2. The molecule has 0 spiro atoms. The summed E-state index contributed by atoms with van der Waals surface area (Å²) in [5.74, 6) is 5.60. The molecule has 0 amide bonds. The lowest BCUT2D eigenvalue weighted by Crippen LogP contribution is -2.29. The number of hydrogen-bond donors (Lipinski definition) is 3. The molecule has 0 aliphatic rings. The summed E-state index contributed by atoms with van der Waals surface area (Å²) in [7, 11) is 0. The van der Waals surface area contributed by atoms with E-state index in [1.807, 2.05) is 29.6 Å². The van der Waals surface area contributed by atoms with Crippen LogP contribution in [0.3, 0.4) is 0 Å². The van der Waals surface area contributed by atoms with Crippen LogP contribution < -0.4 is 17.0 Å². The Hall–Kier alpha value is -0.880. The summed E-state index contributed by atoms with van der Waals surface area (Å²) in [4.78, 5) is 0. The van der Waals surface area contributed by atoms with E-state index in [0.29, 0.717) is 0 Å². The number of hydrogen-bond acceptors (Lipinski definition) is 4. The first-order valence-corrected chi connectivity index (χ1v) is 6.49. The van der Waals surface area contributed by atoms with Crippen molar-refractivity contribution in [1.29, 1.82) is 0 Å². The molecule has 1 aromatic heterocycles. The highest BCUT2D eigenvalue weighted by Crippen LogP contribution is 2.29. The normalized spacial score (nSPS) is 12.6. The summed E-state index contributed by atoms with van der Waals surface area (Å²) in [5.41, 5.74) is 11.6. The summed E-state index contributed by atoms with van der Waals surface area (Å²) >= 11 is 5.08. The van der Waals surface area contributed by atoms with E-state index in [4.69, 9.17) is 11.6 Å². The average Bonchev–Trinajstić information content (AvgIpc) is 2.78. The van der Waals surface area contributed by atoms with Gasteiger partial charge in [-0.2, -0.15) is 11.3 Å². The quantitative estimate of drug-likeness (QED) is 0.464. The lowest BCUT2D eigenvalue weighted by Gasteiger charge is -2.17. The number of rotatable bonds is 3. The van der Waals surface area contributed by atoms with E-state index in [2.05, 4.69) is 26.7 Å². The molecule has 0 fully saturated rings. The Morgan fingerprint density at radius 3 is 2.75 bits per heavy atom. The molecule has 0 radical (unpaired) electrons. The van der Waals surface area contributed by atoms with Crippen molar-refractivity contribution in [3.8, 4) is 0 Å². The third-order valence-corrected chi connectivity index (χ3v) is 3.60. The van der Waals surface area contributed by atoms with Gasteiger partial charge in [0.2, 0.25) is 0 Å². The molecule has 2 aromatic rings. The van der Waals surface area contributed by atoms with E-state index in [0.717, 1.165) is 21.3 Å². The zero-order valence-corrected chi connectivity index (χ0v) is 10.9. The zero-order valence-electron chi connectivity index (χ0n) is 8.48. The SMILES string of the molecule is NNC(c1ccsc1)c1cc(Br)ccc1N. The summed E-state index contributed by atoms with van der Waals surface area (Å²) < 4.78 is 0.993. The number of hydrazine groups is 1. The van der Waals surface area contributed by atoms with Gasteiger partial charge in [0, 0.05) is 10.2 Å². The monoisotopic (exact) mass is 297 g/mol. The third-order valence-electron chi connectivity index (χ3n) is 2.40. The van der Waals surface area contributed by atoms with Crippen LogP contribution >= 0.6 is 27.3 Å². The van der Waals surface area contributed by atoms with Gasteiger partial charge in [0.05, 0.1) is 6.04 Å². The molecule has 0 bridgehead atoms. The van der Waals surface area contributed by atoms with E-state index >= 15 is 0 Å². The zero-order chi connectivity index (χ0) is 11.5. The van der Waals surface area contributed by atoms with Crippen LogP contribution in [-0.4, -0.2) is 0 Å². The molecule has 0 saturated carbocycles. The van der Waals surface area contributed by atoms with Crippen molar-refractivity contribution < 1.29 is 0 Å². The molecule has 2 rings (SSSR count). The maximum Gasteiger partial charge on any atom is 0.0738 e. The van der Waals surface area contributed by atoms with E-state index in [9.17, 15) is 0 Å². The van der Waals surface area contributed by atoms with E-state index in [1.165, 1.54) is 0 Å². The van der Waals surface area contributed by atoms with Crippen molar-refractivity contribution in [3.05, 3.63) is 50.6 Å². The molecule has 0 aliphatic carbocycles. The Bertz CT molecular complexity index is 470. The number of anilines is 1. The van der Waals surface area contributed by atoms with Crippen LogP contribution in [0.5, 0.6) is 0 Å². The molecule has 5 heteroatoms. The highest BCUT2D eigenvalue weighted by Gasteiger charge is 2.15. The molecule has 5 N–H and O–H groups in total. The van der Waals surface area contributed by atoms with Gasteiger partial charge in [0.15, 0.2) is 0 Å². The van der Waals surface area contributed by atoms with Crippen LogP contribution in [0.25, 0.3) is 0 Å². The molecule has 1 unspecified atom stereocenters. The maximum absolute atomic E-state index is 5.96. The van der Waals surface area contributed by atoms with Crippen molar-refractivity contribution >= 4 is 33.0 Å². The number of thiophene rings is 1. The molecule has 3 nitrogen and oxygen atoms in total. The van der Waals surface area contributed by atoms with E-state index in [-0.39, 0.29) is 6.04 Å². The number of nitrogens with one attached hydrogen (secondary N) is 1. The summed E-state index contributed by atoms with van der Waals surface area (Å²) in [6.07, 6.45) is 0. The highest BCUT2D eigenvalue weighted by atomic mass is 79.9. The Labute approximate surface area is 107 Å². The van der Waals surface area contributed by atoms with Gasteiger partial charge >= 0.3 is 0 Å². The average molecular weight is 298 g/mol. The van der Waals surface area contributed by atoms with Crippen molar-refractivity contribution in [1.82, 2.24) is 5.43 Å². The molecule has 84 valence electrons. The fourth-order valence-electron chi connectivity index (χ4n) is 1.60. The Morgan fingerprint density at radius 1 is 1.31 bits per heavy atom. The number of halogens is 1. The van der Waals surface area contributed by atoms with Crippen LogP contribution in [0.2, 0.25) is 0 Å². The minimum atomic E-state index is -0.0660. The van der Waals surface area contributed by atoms with Crippen LogP contribution in [-0.2, 0) is 0 Å². The van der Waals surface area contributed by atoms with E-state index < -0.39 is 0 Å². The second kappa shape index (κ2) is 4.97. The molecule has 1 atom stereocenters. The molecular formula is C11H12BrN3S. The minimum absolute atomic E-state index is 0.0660. The van der Waals surface area contributed by atoms with Crippen molar-refractivity contribution in [2.24, 2.45) is 5.84 Å². The first-order chi connectivity index (χ1) is 7.72. The van der Waals surface area contributed by atoms with Gasteiger partial charge in [-0.25, -0.2) is 5.43 Å². The predicted octanol–water partition coefficient (Wildman–Crippen LogP) is 2.65. The van der Waals surface area contributed by atoms with Gasteiger partial charge in [-0.05, 0) is 46.2 Å². The molecule has 16 heavy (non-hydrogen) atoms. The molecule has 0 saturated heterocycles. The van der Waals surface area contributed by atoms with Crippen molar-refractivity contribution in [2.75, 3.05) is 5.73 Å². The van der Waals surface area contributed by atoms with Gasteiger partial charge in [-0.1, -0.05) is 15.9 Å². The summed E-state index contributed by atoms with van der Waals surface area (Å²) in [6, 6.07) is 7.74. The number of benzene rings is 1. The fourth-order valence-corrected chi connectivity index (χ4v) is 2.67. The lowest BCUT2D eigenvalue weighted by molar-refractivity contribution is 0.640. The molecule has 0 aliphatic heterocycles. The maximum atomic E-state index is 5.96. The predicted molar refractivity (Wildman–Crippen MR) is 72.0 cm³/mol.